The molecule has 0 atom stereocenters. The van der Waals surface area contributed by atoms with Gasteiger partial charge in [0.2, 0.25) is 0 Å². The maximum absolute atomic E-state index is 13.2. The van der Waals surface area contributed by atoms with E-state index in [1.54, 1.807) is 6.92 Å². The van der Waals surface area contributed by atoms with Crippen LogP contribution < -0.4 is 15.4 Å². The summed E-state index contributed by atoms with van der Waals surface area (Å²) in [6, 6.07) is 2.92. The molecule has 4 nitrogen and oxygen atoms in total. The molecule has 134 valence electrons. The largest absolute Gasteiger partial charge is 0.494 e. The number of hydrogen-bond acceptors (Lipinski definition) is 2. The summed E-state index contributed by atoms with van der Waals surface area (Å²) in [5.74, 6) is 0.532. The van der Waals surface area contributed by atoms with Crippen LogP contribution in [0.15, 0.2) is 18.2 Å². The highest BCUT2D eigenvalue weighted by Gasteiger charge is 2.34. The molecule has 1 aliphatic carbocycles. The van der Waals surface area contributed by atoms with E-state index in [4.69, 9.17) is 4.74 Å². The van der Waals surface area contributed by atoms with Crippen molar-refractivity contribution in [2.45, 2.75) is 45.2 Å². The average molecular weight is 344 g/mol. The van der Waals surface area contributed by atoms with Crippen molar-refractivity contribution in [3.05, 3.63) is 23.8 Å². The molecule has 2 rings (SSSR count). The molecule has 0 heterocycles. The van der Waals surface area contributed by atoms with E-state index in [-0.39, 0.29) is 18.0 Å². The molecule has 0 radical (unpaired) electrons. The topological polar surface area (TPSA) is 50.4 Å². The number of nitrogens with one attached hydrogen (secondary N) is 2. The van der Waals surface area contributed by atoms with E-state index in [1.165, 1.54) is 18.6 Å². The second-order valence-corrected chi connectivity index (χ2v) is 5.98. The number of ether oxygens (including phenoxy) is 1. The number of alkyl halides is 3. The van der Waals surface area contributed by atoms with Crippen molar-refractivity contribution in [1.29, 1.82) is 0 Å². The normalized spacial score (nSPS) is 15.8. The minimum Gasteiger partial charge on any atom is -0.494 e. The third-order valence-electron chi connectivity index (χ3n) is 4.13. The van der Waals surface area contributed by atoms with Gasteiger partial charge in [-0.05, 0) is 43.9 Å². The van der Waals surface area contributed by atoms with Gasteiger partial charge in [-0.25, -0.2) is 4.79 Å². The van der Waals surface area contributed by atoms with Crippen molar-refractivity contribution in [3.8, 4) is 5.75 Å². The Morgan fingerprint density at radius 1 is 1.25 bits per heavy atom. The zero-order valence-corrected chi connectivity index (χ0v) is 13.7. The Bertz CT molecular complexity index is 555. The van der Waals surface area contributed by atoms with E-state index in [0.717, 1.165) is 31.7 Å². The molecule has 0 unspecified atom stereocenters. The lowest BCUT2D eigenvalue weighted by Gasteiger charge is -2.22. The summed E-state index contributed by atoms with van der Waals surface area (Å²) in [4.78, 5) is 11.9. The summed E-state index contributed by atoms with van der Waals surface area (Å²) in [6.07, 6.45) is 1.04. The SMILES string of the molecule is CCOc1ccc(NC(=O)NCC2CCCCC2)c(C(F)(F)F)c1. The molecule has 0 saturated heterocycles. The van der Waals surface area contributed by atoms with Gasteiger partial charge in [0.15, 0.2) is 0 Å². The van der Waals surface area contributed by atoms with E-state index in [0.29, 0.717) is 12.5 Å². The second-order valence-electron chi connectivity index (χ2n) is 5.98. The number of halogens is 3. The standard InChI is InChI=1S/C17H23F3N2O2/c1-2-24-13-8-9-15(14(10-13)17(18,19)20)22-16(23)21-11-12-6-4-3-5-7-12/h8-10,12H,2-7,11H2,1H3,(H2,21,22,23). The lowest BCUT2D eigenvalue weighted by Crippen LogP contribution is -2.34. The van der Waals surface area contributed by atoms with Gasteiger partial charge >= 0.3 is 12.2 Å². The van der Waals surface area contributed by atoms with E-state index in [9.17, 15) is 18.0 Å². The smallest absolute Gasteiger partial charge is 0.418 e. The average Bonchev–Trinajstić information content (AvgIpc) is 2.54. The van der Waals surface area contributed by atoms with E-state index in [2.05, 4.69) is 10.6 Å². The first-order valence-electron chi connectivity index (χ1n) is 8.29. The number of carbonyl (C=O) groups is 1. The second kappa shape index (κ2) is 8.26. The number of hydrogen-bond donors (Lipinski definition) is 2. The van der Waals surface area contributed by atoms with Gasteiger partial charge in [-0.15, -0.1) is 0 Å². The van der Waals surface area contributed by atoms with Crippen LogP contribution in [0.4, 0.5) is 23.7 Å². The summed E-state index contributed by atoms with van der Waals surface area (Å²) in [5, 5.41) is 4.97. The molecule has 1 aliphatic rings. The van der Waals surface area contributed by atoms with Gasteiger partial charge in [-0.2, -0.15) is 13.2 Å². The van der Waals surface area contributed by atoms with Gasteiger partial charge in [-0.3, -0.25) is 0 Å². The fourth-order valence-electron chi connectivity index (χ4n) is 2.92. The van der Waals surface area contributed by atoms with Gasteiger partial charge in [-0.1, -0.05) is 19.3 Å². The predicted octanol–water partition coefficient (Wildman–Crippen LogP) is 4.81. The predicted molar refractivity (Wildman–Crippen MR) is 86.2 cm³/mol. The van der Waals surface area contributed by atoms with Crippen LogP contribution in [-0.4, -0.2) is 19.2 Å². The van der Waals surface area contributed by atoms with Crippen LogP contribution in [0.1, 0.15) is 44.6 Å². The Labute approximate surface area is 139 Å². The minimum atomic E-state index is -4.57. The van der Waals surface area contributed by atoms with E-state index in [1.807, 2.05) is 0 Å². The number of amides is 2. The summed E-state index contributed by atoms with van der Waals surface area (Å²) in [5.41, 5.74) is -1.19. The Morgan fingerprint density at radius 3 is 2.58 bits per heavy atom. The lowest BCUT2D eigenvalue weighted by molar-refractivity contribution is -0.137. The molecule has 0 aliphatic heterocycles. The summed E-state index contributed by atoms with van der Waals surface area (Å²) >= 11 is 0. The van der Waals surface area contributed by atoms with E-state index < -0.39 is 17.8 Å². The molecule has 0 aromatic heterocycles. The number of carbonyl (C=O) groups excluding carboxylic acids is 1. The fourth-order valence-corrected chi connectivity index (χ4v) is 2.92. The summed E-state index contributed by atoms with van der Waals surface area (Å²) in [6.45, 7) is 2.45. The maximum atomic E-state index is 13.2. The van der Waals surface area contributed by atoms with Crippen LogP contribution >= 0.6 is 0 Å². The number of rotatable bonds is 5. The molecule has 2 amide bonds. The molecule has 24 heavy (non-hydrogen) atoms. The molecule has 1 saturated carbocycles. The Kier molecular flexibility index (Phi) is 6.34. The van der Waals surface area contributed by atoms with Crippen LogP contribution in [-0.2, 0) is 6.18 Å². The van der Waals surface area contributed by atoms with Gasteiger partial charge in [0, 0.05) is 6.54 Å². The molecule has 1 aromatic carbocycles. The van der Waals surface area contributed by atoms with Crippen molar-refractivity contribution >= 4 is 11.7 Å². The first-order chi connectivity index (χ1) is 11.4. The number of benzene rings is 1. The van der Waals surface area contributed by atoms with Crippen molar-refractivity contribution in [1.82, 2.24) is 5.32 Å². The quantitative estimate of drug-likeness (QED) is 0.806. The third-order valence-corrected chi connectivity index (χ3v) is 4.13. The maximum Gasteiger partial charge on any atom is 0.418 e. The zero-order valence-electron chi connectivity index (χ0n) is 13.7. The van der Waals surface area contributed by atoms with E-state index >= 15 is 0 Å². The van der Waals surface area contributed by atoms with Gasteiger partial charge < -0.3 is 15.4 Å². The Morgan fingerprint density at radius 2 is 1.96 bits per heavy atom. The van der Waals surface area contributed by atoms with Crippen molar-refractivity contribution in [3.63, 3.8) is 0 Å². The Hall–Kier alpha value is -1.92. The van der Waals surface area contributed by atoms with Gasteiger partial charge in [0.05, 0.1) is 17.9 Å². The number of anilines is 1. The van der Waals surface area contributed by atoms with Crippen LogP contribution in [0.5, 0.6) is 5.75 Å². The molecule has 1 fully saturated rings. The fraction of sp³-hybridized carbons (Fsp3) is 0.588. The molecule has 2 N–H and O–H groups in total. The van der Waals surface area contributed by atoms with Crippen LogP contribution in [0, 0.1) is 5.92 Å². The molecule has 7 heteroatoms. The van der Waals surface area contributed by atoms with Crippen LogP contribution in [0.25, 0.3) is 0 Å². The van der Waals surface area contributed by atoms with Crippen LogP contribution in [0.3, 0.4) is 0 Å². The highest BCUT2D eigenvalue weighted by atomic mass is 19.4. The zero-order chi connectivity index (χ0) is 17.6. The summed E-state index contributed by atoms with van der Waals surface area (Å²) < 4.78 is 44.6. The molecular formula is C17H23F3N2O2. The third kappa shape index (κ3) is 5.32. The first kappa shape index (κ1) is 18.4. The first-order valence-corrected chi connectivity index (χ1v) is 8.29. The van der Waals surface area contributed by atoms with Gasteiger partial charge in [0.25, 0.3) is 0 Å². The molecule has 1 aromatic rings. The number of urea groups is 1. The molecular weight excluding hydrogens is 321 g/mol. The van der Waals surface area contributed by atoms with Gasteiger partial charge in [0.1, 0.15) is 5.75 Å². The Balaban J connectivity index is 2.00. The summed E-state index contributed by atoms with van der Waals surface area (Å²) in [7, 11) is 0. The van der Waals surface area contributed by atoms with Crippen molar-refractivity contribution in [2.75, 3.05) is 18.5 Å². The lowest BCUT2D eigenvalue weighted by atomic mass is 9.89. The van der Waals surface area contributed by atoms with Crippen molar-refractivity contribution in [2.24, 2.45) is 5.92 Å². The van der Waals surface area contributed by atoms with Crippen LogP contribution in [0.2, 0.25) is 0 Å². The highest BCUT2D eigenvalue weighted by molar-refractivity contribution is 5.90. The monoisotopic (exact) mass is 344 g/mol. The van der Waals surface area contributed by atoms with Crippen molar-refractivity contribution < 1.29 is 22.7 Å². The molecule has 0 bridgehead atoms. The highest BCUT2D eigenvalue weighted by Crippen LogP contribution is 2.37. The minimum absolute atomic E-state index is 0.123. The molecule has 0 spiro atoms.